The predicted molar refractivity (Wildman–Crippen MR) is 73.6 cm³/mol. The average Bonchev–Trinajstić information content (AvgIpc) is 2.37. The molecule has 0 atom stereocenters. The lowest BCUT2D eigenvalue weighted by Gasteiger charge is -2.09. The molecule has 2 aromatic rings. The van der Waals surface area contributed by atoms with Crippen LogP contribution in [-0.4, -0.2) is 16.1 Å². The van der Waals surface area contributed by atoms with E-state index in [0.29, 0.717) is 11.3 Å². The second-order valence-electron chi connectivity index (χ2n) is 4.30. The van der Waals surface area contributed by atoms with Crippen molar-refractivity contribution in [3.05, 3.63) is 53.1 Å². The van der Waals surface area contributed by atoms with Crippen LogP contribution in [0.4, 0.5) is 5.69 Å². The van der Waals surface area contributed by atoms with E-state index >= 15 is 0 Å². The van der Waals surface area contributed by atoms with Crippen LogP contribution in [0.5, 0.6) is 11.5 Å². The van der Waals surface area contributed by atoms with Crippen molar-refractivity contribution in [3.63, 3.8) is 0 Å². The Labute approximate surface area is 115 Å². The van der Waals surface area contributed by atoms with Gasteiger partial charge in [-0.1, -0.05) is 12.1 Å². The molecule has 0 aliphatic carbocycles. The van der Waals surface area contributed by atoms with Crippen LogP contribution in [0, 0.1) is 18.3 Å². The lowest BCUT2D eigenvalue weighted by molar-refractivity contribution is 0.102. The Bertz CT molecular complexity index is 697. The van der Waals surface area contributed by atoms with Crippen LogP contribution in [0.15, 0.2) is 36.4 Å². The van der Waals surface area contributed by atoms with Gasteiger partial charge in [-0.15, -0.1) is 0 Å². The minimum atomic E-state index is -0.515. The fourth-order valence-electron chi connectivity index (χ4n) is 1.84. The van der Waals surface area contributed by atoms with Gasteiger partial charge in [0.25, 0.3) is 5.91 Å². The number of benzene rings is 2. The molecule has 0 fully saturated rings. The van der Waals surface area contributed by atoms with Crippen molar-refractivity contribution in [2.75, 3.05) is 5.32 Å². The van der Waals surface area contributed by atoms with E-state index in [0.717, 1.165) is 11.6 Å². The zero-order chi connectivity index (χ0) is 14.7. The number of aromatic hydroxyl groups is 2. The first-order chi connectivity index (χ1) is 9.51. The molecule has 100 valence electrons. The quantitative estimate of drug-likeness (QED) is 0.780. The maximum absolute atomic E-state index is 12.1. The smallest absolute Gasteiger partial charge is 0.255 e. The van der Waals surface area contributed by atoms with E-state index in [1.807, 2.05) is 6.07 Å². The van der Waals surface area contributed by atoms with Crippen LogP contribution >= 0.6 is 0 Å². The minimum Gasteiger partial charge on any atom is -0.508 e. The number of nitrogens with one attached hydrogen (secondary N) is 1. The summed E-state index contributed by atoms with van der Waals surface area (Å²) >= 11 is 0. The second kappa shape index (κ2) is 5.33. The Morgan fingerprint density at radius 3 is 2.45 bits per heavy atom. The molecule has 0 spiro atoms. The first-order valence-electron chi connectivity index (χ1n) is 5.85. The third kappa shape index (κ3) is 2.70. The lowest BCUT2D eigenvalue weighted by atomic mass is 10.1. The van der Waals surface area contributed by atoms with E-state index in [4.69, 9.17) is 5.26 Å². The van der Waals surface area contributed by atoms with Crippen LogP contribution in [0.2, 0.25) is 0 Å². The van der Waals surface area contributed by atoms with Crippen LogP contribution < -0.4 is 5.32 Å². The number of phenols is 2. The molecule has 2 aromatic carbocycles. The third-order valence-electron chi connectivity index (χ3n) is 2.80. The maximum Gasteiger partial charge on any atom is 0.255 e. The molecular formula is C15H12N2O3. The second-order valence-corrected chi connectivity index (χ2v) is 4.30. The molecule has 0 heterocycles. The monoisotopic (exact) mass is 268 g/mol. The number of rotatable bonds is 2. The van der Waals surface area contributed by atoms with Gasteiger partial charge >= 0.3 is 0 Å². The van der Waals surface area contributed by atoms with Crippen LogP contribution in [-0.2, 0) is 0 Å². The summed E-state index contributed by atoms with van der Waals surface area (Å²) in [6, 6.07) is 10.7. The topological polar surface area (TPSA) is 93.3 Å². The summed E-state index contributed by atoms with van der Waals surface area (Å²) in [7, 11) is 0. The largest absolute Gasteiger partial charge is 0.508 e. The highest BCUT2D eigenvalue weighted by molar-refractivity contribution is 6.05. The average molecular weight is 268 g/mol. The number of hydrogen-bond acceptors (Lipinski definition) is 4. The lowest BCUT2D eigenvalue weighted by Crippen LogP contribution is -2.13. The molecule has 2 rings (SSSR count). The number of aryl methyl sites for hydroxylation is 1. The Kier molecular flexibility index (Phi) is 3.58. The van der Waals surface area contributed by atoms with E-state index < -0.39 is 5.91 Å². The molecule has 5 heteroatoms. The molecule has 0 bridgehead atoms. The first-order valence-corrected chi connectivity index (χ1v) is 5.85. The molecule has 5 nitrogen and oxygen atoms in total. The summed E-state index contributed by atoms with van der Waals surface area (Å²) in [5.41, 5.74) is 1.63. The van der Waals surface area contributed by atoms with Gasteiger partial charge in [0, 0.05) is 11.6 Å². The highest BCUT2D eigenvalue weighted by Gasteiger charge is 2.12. The van der Waals surface area contributed by atoms with E-state index in [9.17, 15) is 15.0 Å². The Hall–Kier alpha value is -3.00. The molecule has 0 radical (unpaired) electrons. The Balaban J connectivity index is 2.33. The molecule has 3 N–H and O–H groups in total. The van der Waals surface area contributed by atoms with Gasteiger partial charge in [-0.2, -0.15) is 5.26 Å². The van der Waals surface area contributed by atoms with E-state index in [1.165, 1.54) is 12.1 Å². The number of hydrogen-bond donors (Lipinski definition) is 3. The van der Waals surface area contributed by atoms with Gasteiger partial charge in [0.15, 0.2) is 0 Å². The van der Waals surface area contributed by atoms with Crippen molar-refractivity contribution in [2.24, 2.45) is 0 Å². The minimum absolute atomic E-state index is 0.105. The van der Waals surface area contributed by atoms with Crippen molar-refractivity contribution in [1.82, 2.24) is 0 Å². The SMILES string of the molecule is Cc1cccc(NC(=O)c2cc(O)cc(O)c2)c1C#N. The molecule has 0 saturated heterocycles. The number of nitriles is 1. The summed E-state index contributed by atoms with van der Waals surface area (Å²) in [6.45, 7) is 1.77. The molecule has 0 saturated carbocycles. The van der Waals surface area contributed by atoms with Crippen molar-refractivity contribution < 1.29 is 15.0 Å². The van der Waals surface area contributed by atoms with E-state index in [1.54, 1.807) is 25.1 Å². The highest BCUT2D eigenvalue weighted by Crippen LogP contribution is 2.23. The van der Waals surface area contributed by atoms with E-state index in [2.05, 4.69) is 5.32 Å². The first kappa shape index (κ1) is 13.4. The van der Waals surface area contributed by atoms with E-state index in [-0.39, 0.29) is 17.1 Å². The number of anilines is 1. The van der Waals surface area contributed by atoms with Crippen LogP contribution in [0.1, 0.15) is 21.5 Å². The molecule has 0 aromatic heterocycles. The highest BCUT2D eigenvalue weighted by atomic mass is 16.3. The fourth-order valence-corrected chi connectivity index (χ4v) is 1.84. The van der Waals surface area contributed by atoms with Gasteiger partial charge in [0.1, 0.15) is 17.6 Å². The summed E-state index contributed by atoms with van der Waals surface area (Å²) < 4.78 is 0. The number of nitrogens with zero attached hydrogens (tertiary/aromatic N) is 1. The Morgan fingerprint density at radius 1 is 1.20 bits per heavy atom. The molecule has 1 amide bonds. The molecule has 0 aliphatic rings. The normalized spacial score (nSPS) is 9.80. The van der Waals surface area contributed by atoms with Gasteiger partial charge < -0.3 is 15.5 Å². The molecule has 0 unspecified atom stereocenters. The van der Waals surface area contributed by atoms with Crippen LogP contribution in [0.25, 0.3) is 0 Å². The summed E-state index contributed by atoms with van der Waals surface area (Å²) in [4.78, 5) is 12.1. The molecular weight excluding hydrogens is 256 g/mol. The number of carbonyl (C=O) groups is 1. The Morgan fingerprint density at radius 2 is 1.85 bits per heavy atom. The fraction of sp³-hybridized carbons (Fsp3) is 0.0667. The van der Waals surface area contributed by atoms with Gasteiger partial charge in [-0.3, -0.25) is 4.79 Å². The van der Waals surface area contributed by atoms with Crippen molar-refractivity contribution >= 4 is 11.6 Å². The van der Waals surface area contributed by atoms with Gasteiger partial charge in [-0.25, -0.2) is 0 Å². The summed E-state index contributed by atoms with van der Waals surface area (Å²) in [6.07, 6.45) is 0. The van der Waals surface area contributed by atoms with Crippen molar-refractivity contribution in [2.45, 2.75) is 6.92 Å². The summed E-state index contributed by atoms with van der Waals surface area (Å²) in [5, 5.41) is 30.4. The zero-order valence-corrected chi connectivity index (χ0v) is 10.7. The van der Waals surface area contributed by atoms with Crippen LogP contribution in [0.3, 0.4) is 0 Å². The number of amides is 1. The van der Waals surface area contributed by atoms with Gasteiger partial charge in [0.2, 0.25) is 0 Å². The zero-order valence-electron chi connectivity index (χ0n) is 10.7. The number of carbonyl (C=O) groups excluding carboxylic acids is 1. The summed E-state index contributed by atoms with van der Waals surface area (Å²) in [5.74, 6) is -0.932. The van der Waals surface area contributed by atoms with Crippen molar-refractivity contribution in [1.29, 1.82) is 5.26 Å². The standard InChI is InChI=1S/C15H12N2O3/c1-9-3-2-4-14(13(9)8-16)17-15(20)10-5-11(18)7-12(19)6-10/h2-7,18-19H,1H3,(H,17,20). The predicted octanol–water partition coefficient (Wildman–Crippen LogP) is 2.53. The van der Waals surface area contributed by atoms with Gasteiger partial charge in [-0.05, 0) is 30.7 Å². The molecule has 0 aliphatic heterocycles. The van der Waals surface area contributed by atoms with Gasteiger partial charge in [0.05, 0.1) is 11.3 Å². The number of phenolic OH excluding ortho intramolecular Hbond substituents is 2. The molecule has 20 heavy (non-hydrogen) atoms. The third-order valence-corrected chi connectivity index (χ3v) is 2.80. The van der Waals surface area contributed by atoms with Crippen molar-refractivity contribution in [3.8, 4) is 17.6 Å². The maximum atomic E-state index is 12.1.